The normalized spacial score (nSPS) is 23.2. The Kier molecular flexibility index (Phi) is 5.84. The molecule has 2 rings (SSSR count). The van der Waals surface area contributed by atoms with Crippen LogP contribution in [0.5, 0.6) is 0 Å². The fourth-order valence-electron chi connectivity index (χ4n) is 3.27. The fourth-order valence-corrected chi connectivity index (χ4v) is 5.00. The second kappa shape index (κ2) is 7.50. The van der Waals surface area contributed by atoms with Gasteiger partial charge >= 0.3 is 0 Å². The van der Waals surface area contributed by atoms with E-state index in [1.807, 2.05) is 0 Å². The van der Waals surface area contributed by atoms with E-state index in [4.69, 9.17) is 0 Å². The molecule has 0 saturated carbocycles. The number of sulfone groups is 1. The van der Waals surface area contributed by atoms with Crippen molar-refractivity contribution < 1.29 is 22.8 Å². The van der Waals surface area contributed by atoms with Crippen molar-refractivity contribution in [1.29, 1.82) is 0 Å². The Labute approximate surface area is 142 Å². The number of amides is 3. The van der Waals surface area contributed by atoms with Crippen LogP contribution in [0.2, 0.25) is 0 Å². The van der Waals surface area contributed by atoms with Crippen molar-refractivity contribution in [3.8, 4) is 0 Å². The van der Waals surface area contributed by atoms with Crippen LogP contribution in [0.25, 0.3) is 0 Å². The Balaban J connectivity index is 1.89. The molecule has 2 aliphatic rings. The van der Waals surface area contributed by atoms with Crippen molar-refractivity contribution in [1.82, 2.24) is 14.7 Å². The zero-order valence-corrected chi connectivity index (χ0v) is 15.0. The van der Waals surface area contributed by atoms with Gasteiger partial charge in [0, 0.05) is 45.7 Å². The molecule has 0 aromatic carbocycles. The van der Waals surface area contributed by atoms with Crippen LogP contribution in [-0.2, 0) is 24.2 Å². The van der Waals surface area contributed by atoms with Crippen molar-refractivity contribution in [2.75, 3.05) is 44.2 Å². The lowest BCUT2D eigenvalue weighted by molar-refractivity contribution is -0.144. The molecule has 9 heteroatoms. The van der Waals surface area contributed by atoms with Gasteiger partial charge in [0.15, 0.2) is 9.84 Å². The van der Waals surface area contributed by atoms with Crippen molar-refractivity contribution in [2.45, 2.75) is 32.7 Å². The van der Waals surface area contributed by atoms with Crippen molar-refractivity contribution in [2.24, 2.45) is 0 Å². The van der Waals surface area contributed by atoms with Crippen molar-refractivity contribution in [3.63, 3.8) is 0 Å². The first-order valence-corrected chi connectivity index (χ1v) is 10.1. The fraction of sp³-hybridized carbons (Fsp3) is 0.800. The lowest BCUT2D eigenvalue weighted by atomic mass is 10.2. The van der Waals surface area contributed by atoms with Gasteiger partial charge in [0.25, 0.3) is 0 Å². The molecule has 2 heterocycles. The summed E-state index contributed by atoms with van der Waals surface area (Å²) >= 11 is 0. The molecule has 8 nitrogen and oxygen atoms in total. The maximum absolute atomic E-state index is 12.4. The summed E-state index contributed by atoms with van der Waals surface area (Å²) in [6.45, 7) is 5.49. The smallest absolute Gasteiger partial charge is 0.232 e. The number of carbonyl (C=O) groups is 3. The second-order valence-corrected chi connectivity index (χ2v) is 8.53. The third kappa shape index (κ3) is 4.46. The summed E-state index contributed by atoms with van der Waals surface area (Å²) in [4.78, 5) is 40.8. The lowest BCUT2D eigenvalue weighted by Crippen LogP contribution is -2.51. The molecule has 2 aliphatic heterocycles. The molecule has 2 fully saturated rings. The highest BCUT2D eigenvalue weighted by Crippen LogP contribution is 2.18. The molecule has 1 unspecified atom stereocenters. The van der Waals surface area contributed by atoms with E-state index < -0.39 is 9.84 Å². The van der Waals surface area contributed by atoms with Crippen LogP contribution in [0.4, 0.5) is 0 Å². The average Bonchev–Trinajstić information content (AvgIpc) is 2.87. The Morgan fingerprint density at radius 2 is 1.67 bits per heavy atom. The van der Waals surface area contributed by atoms with E-state index in [0.29, 0.717) is 39.1 Å². The van der Waals surface area contributed by atoms with Crippen LogP contribution in [0.1, 0.15) is 26.7 Å². The minimum absolute atomic E-state index is 0.0158. The standard InChI is InChI=1S/C15H25N3O5S/c1-3-18(13-4-9-24(22,23)11-13)15(21)10-14(20)17-7-5-16(6-8-17)12(2)19/h13H,3-11H2,1-2H3. The van der Waals surface area contributed by atoms with Crippen molar-refractivity contribution >= 4 is 27.6 Å². The van der Waals surface area contributed by atoms with E-state index in [9.17, 15) is 22.8 Å². The molecule has 24 heavy (non-hydrogen) atoms. The molecule has 3 amide bonds. The number of rotatable bonds is 4. The SMILES string of the molecule is CCN(C(=O)CC(=O)N1CCN(C(C)=O)CC1)C1CCS(=O)(=O)C1. The predicted octanol–water partition coefficient (Wildman–Crippen LogP) is -0.897. The molecule has 0 N–H and O–H groups in total. The molecule has 136 valence electrons. The highest BCUT2D eigenvalue weighted by atomic mass is 32.2. The first-order valence-electron chi connectivity index (χ1n) is 8.26. The highest BCUT2D eigenvalue weighted by Gasteiger charge is 2.35. The van der Waals surface area contributed by atoms with E-state index in [1.54, 1.807) is 16.7 Å². The van der Waals surface area contributed by atoms with Crippen LogP contribution < -0.4 is 0 Å². The van der Waals surface area contributed by atoms with E-state index in [2.05, 4.69) is 0 Å². The van der Waals surface area contributed by atoms with E-state index in [1.165, 1.54) is 11.8 Å². The van der Waals surface area contributed by atoms with Crippen LogP contribution in [-0.4, -0.2) is 91.1 Å². The third-order valence-electron chi connectivity index (χ3n) is 4.69. The molecule has 1 atom stereocenters. The molecule has 0 aromatic heterocycles. The molecular weight excluding hydrogens is 334 g/mol. The first kappa shape index (κ1) is 18.7. The van der Waals surface area contributed by atoms with Crippen LogP contribution in [0.3, 0.4) is 0 Å². The number of carbonyl (C=O) groups excluding carboxylic acids is 3. The first-order chi connectivity index (χ1) is 11.2. The molecule has 0 aliphatic carbocycles. The van der Waals surface area contributed by atoms with Gasteiger partial charge in [-0.25, -0.2) is 8.42 Å². The molecule has 0 bridgehead atoms. The summed E-state index contributed by atoms with van der Waals surface area (Å²) < 4.78 is 23.2. The number of nitrogens with zero attached hydrogens (tertiary/aromatic N) is 3. The zero-order valence-electron chi connectivity index (χ0n) is 14.2. The van der Waals surface area contributed by atoms with Crippen LogP contribution in [0, 0.1) is 0 Å². The van der Waals surface area contributed by atoms with Gasteiger partial charge in [0.05, 0.1) is 11.5 Å². The average molecular weight is 359 g/mol. The summed E-state index contributed by atoms with van der Waals surface area (Å²) in [5, 5.41) is 0. The number of hydrogen-bond acceptors (Lipinski definition) is 5. The van der Waals surface area contributed by atoms with E-state index in [0.717, 1.165) is 0 Å². The van der Waals surface area contributed by atoms with Gasteiger partial charge in [0.2, 0.25) is 17.7 Å². The minimum atomic E-state index is -3.07. The quantitative estimate of drug-likeness (QED) is 0.607. The Bertz CT molecular complexity index is 611. The van der Waals surface area contributed by atoms with Gasteiger partial charge in [-0.15, -0.1) is 0 Å². The Morgan fingerprint density at radius 3 is 2.12 bits per heavy atom. The summed E-state index contributed by atoms with van der Waals surface area (Å²) in [7, 11) is -3.07. The maximum Gasteiger partial charge on any atom is 0.232 e. The molecule has 0 radical (unpaired) electrons. The van der Waals surface area contributed by atoms with Gasteiger partial charge in [-0.1, -0.05) is 0 Å². The maximum atomic E-state index is 12.4. The molecule has 0 spiro atoms. The summed E-state index contributed by atoms with van der Waals surface area (Å²) in [5.41, 5.74) is 0. The van der Waals surface area contributed by atoms with Crippen LogP contribution in [0.15, 0.2) is 0 Å². The number of hydrogen-bond donors (Lipinski definition) is 0. The topological polar surface area (TPSA) is 95.1 Å². The van der Waals surface area contributed by atoms with Gasteiger partial charge in [-0.3, -0.25) is 14.4 Å². The summed E-state index contributed by atoms with van der Waals surface area (Å²) in [5.74, 6) is -0.514. The van der Waals surface area contributed by atoms with Gasteiger partial charge in [-0.05, 0) is 13.3 Å². The van der Waals surface area contributed by atoms with Gasteiger partial charge in [-0.2, -0.15) is 0 Å². The highest BCUT2D eigenvalue weighted by molar-refractivity contribution is 7.91. The Morgan fingerprint density at radius 1 is 1.08 bits per heavy atom. The Hall–Kier alpha value is -1.64. The third-order valence-corrected chi connectivity index (χ3v) is 6.44. The molecule has 0 aromatic rings. The monoisotopic (exact) mass is 359 g/mol. The van der Waals surface area contributed by atoms with Gasteiger partial charge < -0.3 is 14.7 Å². The predicted molar refractivity (Wildman–Crippen MR) is 87.9 cm³/mol. The second-order valence-electron chi connectivity index (χ2n) is 6.30. The lowest BCUT2D eigenvalue weighted by Gasteiger charge is -2.35. The molecular formula is C15H25N3O5S. The largest absolute Gasteiger partial charge is 0.339 e. The van der Waals surface area contributed by atoms with Crippen molar-refractivity contribution in [3.05, 3.63) is 0 Å². The summed E-state index contributed by atoms with van der Waals surface area (Å²) in [6.07, 6.45) is 0.192. The van der Waals surface area contributed by atoms with E-state index in [-0.39, 0.29) is 41.7 Å². The van der Waals surface area contributed by atoms with Crippen LogP contribution >= 0.6 is 0 Å². The zero-order chi connectivity index (χ0) is 17.9. The number of piperazine rings is 1. The molecule has 2 saturated heterocycles. The minimum Gasteiger partial charge on any atom is -0.339 e. The van der Waals surface area contributed by atoms with E-state index >= 15 is 0 Å². The van der Waals surface area contributed by atoms with Gasteiger partial charge in [0.1, 0.15) is 6.42 Å². The summed E-state index contributed by atoms with van der Waals surface area (Å²) in [6, 6.07) is -0.324.